The predicted octanol–water partition coefficient (Wildman–Crippen LogP) is 2.59. The largest absolute Gasteiger partial charge is 0.353 e. The third-order valence-electron chi connectivity index (χ3n) is 4.60. The average Bonchev–Trinajstić information content (AvgIpc) is 3.50. The Morgan fingerprint density at radius 1 is 1.17 bits per heavy atom. The third kappa shape index (κ3) is 5.42. The van der Waals surface area contributed by atoms with Crippen LogP contribution in [0.3, 0.4) is 0 Å². The number of nitrogens with one attached hydrogen (secondary N) is 2. The number of carbonyl (C=O) groups excluding carboxylic acids is 2. The normalized spacial score (nSPS) is 14.0. The van der Waals surface area contributed by atoms with E-state index in [-0.39, 0.29) is 30.2 Å². The summed E-state index contributed by atoms with van der Waals surface area (Å²) in [5.41, 5.74) is 0.793. The third-order valence-corrected chi connectivity index (χ3v) is 6.26. The number of carbonyl (C=O) groups is 2. The number of rotatable bonds is 8. The van der Waals surface area contributed by atoms with E-state index in [1.807, 2.05) is 0 Å². The molecule has 0 aromatic carbocycles. The summed E-state index contributed by atoms with van der Waals surface area (Å²) in [6.07, 6.45) is 9.35. The Morgan fingerprint density at radius 2 is 1.97 bits per heavy atom. The van der Waals surface area contributed by atoms with Crippen LogP contribution in [0.2, 0.25) is 0 Å². The summed E-state index contributed by atoms with van der Waals surface area (Å²) in [4.78, 5) is 37.3. The zero-order valence-electron chi connectivity index (χ0n) is 16.2. The minimum absolute atomic E-state index is 0.0236. The first-order valence-corrected chi connectivity index (χ1v) is 11.5. The van der Waals surface area contributed by atoms with Gasteiger partial charge in [-0.15, -0.1) is 16.4 Å². The number of thiazole rings is 1. The van der Waals surface area contributed by atoms with E-state index in [2.05, 4.69) is 30.7 Å². The highest BCUT2D eigenvalue weighted by Gasteiger charge is 2.19. The molecule has 4 rings (SSSR count). The molecule has 1 saturated carbocycles. The summed E-state index contributed by atoms with van der Waals surface area (Å²) >= 11 is 2.62. The quantitative estimate of drug-likeness (QED) is 0.514. The molecule has 1 aliphatic carbocycles. The summed E-state index contributed by atoms with van der Waals surface area (Å²) < 4.78 is 1.52. The van der Waals surface area contributed by atoms with Crippen LogP contribution in [0, 0.1) is 0 Å². The van der Waals surface area contributed by atoms with E-state index >= 15 is 0 Å². The van der Waals surface area contributed by atoms with Crippen LogP contribution in [-0.4, -0.2) is 48.3 Å². The fourth-order valence-corrected chi connectivity index (χ4v) is 4.50. The van der Waals surface area contributed by atoms with Crippen molar-refractivity contribution in [2.24, 2.45) is 0 Å². The average molecular weight is 444 g/mol. The van der Waals surface area contributed by atoms with Crippen LogP contribution in [-0.2, 0) is 16.1 Å². The minimum atomic E-state index is -0.256. The first-order valence-electron chi connectivity index (χ1n) is 9.64. The lowest BCUT2D eigenvalue weighted by Crippen LogP contribution is -2.33. The lowest BCUT2D eigenvalue weighted by molar-refractivity contribution is -0.119. The molecule has 2 N–H and O–H groups in total. The van der Waals surface area contributed by atoms with Crippen molar-refractivity contribution in [1.82, 2.24) is 30.0 Å². The van der Waals surface area contributed by atoms with E-state index in [1.165, 1.54) is 27.8 Å². The molecule has 3 aromatic heterocycles. The van der Waals surface area contributed by atoms with Gasteiger partial charge >= 0.3 is 0 Å². The Hall–Kier alpha value is -2.79. The maximum atomic E-state index is 12.4. The molecular weight excluding hydrogens is 422 g/mol. The van der Waals surface area contributed by atoms with Gasteiger partial charge in [-0.25, -0.2) is 14.6 Å². The van der Waals surface area contributed by atoms with Crippen LogP contribution in [0.15, 0.2) is 41.3 Å². The van der Waals surface area contributed by atoms with Crippen LogP contribution < -0.4 is 10.6 Å². The number of hydrogen-bond donors (Lipinski definition) is 2. The fourth-order valence-electron chi connectivity index (χ4n) is 3.21. The van der Waals surface area contributed by atoms with Gasteiger partial charge in [-0.05, 0) is 25.0 Å². The molecule has 3 aromatic rings. The molecule has 30 heavy (non-hydrogen) atoms. The summed E-state index contributed by atoms with van der Waals surface area (Å²) in [7, 11) is 0. The number of pyridine rings is 1. The van der Waals surface area contributed by atoms with E-state index in [0.29, 0.717) is 16.1 Å². The van der Waals surface area contributed by atoms with Crippen LogP contribution in [0.1, 0.15) is 25.7 Å². The molecule has 0 spiro atoms. The van der Waals surface area contributed by atoms with Gasteiger partial charge < -0.3 is 10.6 Å². The van der Waals surface area contributed by atoms with Gasteiger partial charge in [-0.1, -0.05) is 24.6 Å². The van der Waals surface area contributed by atoms with Crippen molar-refractivity contribution in [2.45, 2.75) is 43.4 Å². The molecular formula is C19H21N7O2S2. The van der Waals surface area contributed by atoms with Crippen LogP contribution in [0.5, 0.6) is 0 Å². The van der Waals surface area contributed by atoms with Gasteiger partial charge in [0.2, 0.25) is 11.8 Å². The van der Waals surface area contributed by atoms with Gasteiger partial charge in [-0.2, -0.15) is 0 Å². The summed E-state index contributed by atoms with van der Waals surface area (Å²) in [6.45, 7) is -0.0236. The summed E-state index contributed by atoms with van der Waals surface area (Å²) in [6, 6.07) is 3.88. The topological polar surface area (TPSA) is 115 Å². The molecule has 0 aliphatic heterocycles. The molecule has 156 valence electrons. The van der Waals surface area contributed by atoms with Gasteiger partial charge in [0, 0.05) is 35.6 Å². The highest BCUT2D eigenvalue weighted by atomic mass is 32.2. The second-order valence-corrected chi connectivity index (χ2v) is 8.67. The van der Waals surface area contributed by atoms with E-state index in [0.717, 1.165) is 31.2 Å². The molecule has 0 saturated heterocycles. The first kappa shape index (κ1) is 20.5. The summed E-state index contributed by atoms with van der Waals surface area (Å²) in [5, 5.41) is 13.1. The molecule has 0 bridgehead atoms. The predicted molar refractivity (Wildman–Crippen MR) is 115 cm³/mol. The van der Waals surface area contributed by atoms with Gasteiger partial charge in [0.1, 0.15) is 6.54 Å². The number of aromatic nitrogens is 5. The number of nitrogens with zero attached hydrogens (tertiary/aromatic N) is 5. The van der Waals surface area contributed by atoms with Crippen LogP contribution in [0.4, 0.5) is 5.13 Å². The summed E-state index contributed by atoms with van der Waals surface area (Å²) in [5.74, 6) is 0.421. The Labute approximate surface area is 181 Å². The van der Waals surface area contributed by atoms with E-state index in [4.69, 9.17) is 0 Å². The number of hydrogen-bond acceptors (Lipinski definition) is 8. The highest BCUT2D eigenvalue weighted by molar-refractivity contribution is 7.99. The second-order valence-electron chi connectivity index (χ2n) is 6.83. The van der Waals surface area contributed by atoms with Gasteiger partial charge in [-0.3, -0.25) is 14.6 Å². The zero-order valence-corrected chi connectivity index (χ0v) is 17.8. The number of amides is 2. The van der Waals surface area contributed by atoms with Gasteiger partial charge in [0.25, 0.3) is 0 Å². The van der Waals surface area contributed by atoms with Crippen molar-refractivity contribution in [2.75, 3.05) is 11.1 Å². The second kappa shape index (κ2) is 9.81. The molecule has 0 atom stereocenters. The Kier molecular flexibility index (Phi) is 6.70. The first-order chi connectivity index (χ1) is 14.7. The van der Waals surface area contributed by atoms with Gasteiger partial charge in [0.15, 0.2) is 16.1 Å². The fraction of sp³-hybridized carbons (Fsp3) is 0.368. The SMILES string of the molecule is O=C(Cn1nc(-c2ccncc2)nc1SCC(=O)NC1CCCC1)Nc1nccs1. The lowest BCUT2D eigenvalue weighted by atomic mass is 10.2. The van der Waals surface area contributed by atoms with Gasteiger partial charge in [0.05, 0.1) is 5.75 Å². The van der Waals surface area contributed by atoms with Crippen molar-refractivity contribution in [3.63, 3.8) is 0 Å². The molecule has 11 heteroatoms. The molecule has 0 radical (unpaired) electrons. The maximum Gasteiger partial charge on any atom is 0.247 e. The van der Waals surface area contributed by atoms with E-state index < -0.39 is 0 Å². The maximum absolute atomic E-state index is 12.4. The number of thioether (sulfide) groups is 1. The lowest BCUT2D eigenvalue weighted by Gasteiger charge is -2.11. The van der Waals surface area contributed by atoms with Crippen molar-refractivity contribution in [3.05, 3.63) is 36.1 Å². The molecule has 1 fully saturated rings. The molecule has 1 aliphatic rings. The highest BCUT2D eigenvalue weighted by Crippen LogP contribution is 2.22. The Balaban J connectivity index is 1.46. The van der Waals surface area contributed by atoms with Crippen molar-refractivity contribution < 1.29 is 9.59 Å². The molecule has 9 nitrogen and oxygen atoms in total. The monoisotopic (exact) mass is 443 g/mol. The smallest absolute Gasteiger partial charge is 0.247 e. The van der Waals surface area contributed by atoms with Crippen molar-refractivity contribution in [1.29, 1.82) is 0 Å². The van der Waals surface area contributed by atoms with Crippen LogP contribution in [0.25, 0.3) is 11.4 Å². The molecule has 0 unspecified atom stereocenters. The standard InChI is InChI=1S/C19H21N7O2S2/c27-15(23-18-21-9-10-29-18)11-26-19(24-17(25-26)13-5-7-20-8-6-13)30-12-16(28)22-14-3-1-2-4-14/h5-10,14H,1-4,11-12H2,(H,22,28)(H,21,23,27). The molecule has 2 amide bonds. The van der Waals surface area contributed by atoms with Crippen LogP contribution >= 0.6 is 23.1 Å². The number of anilines is 1. The Morgan fingerprint density at radius 3 is 2.70 bits per heavy atom. The zero-order chi connectivity index (χ0) is 20.8. The van der Waals surface area contributed by atoms with Crippen molar-refractivity contribution in [3.8, 4) is 11.4 Å². The Bertz CT molecular complexity index is 986. The minimum Gasteiger partial charge on any atom is -0.353 e. The molecule has 3 heterocycles. The van der Waals surface area contributed by atoms with E-state index in [9.17, 15) is 9.59 Å². The van der Waals surface area contributed by atoms with Crippen molar-refractivity contribution >= 4 is 40.0 Å². The van der Waals surface area contributed by atoms with E-state index in [1.54, 1.807) is 36.1 Å².